The van der Waals surface area contributed by atoms with E-state index in [2.05, 4.69) is 5.32 Å². The lowest BCUT2D eigenvalue weighted by Gasteiger charge is -2.10. The topological polar surface area (TPSA) is 98.2 Å². The molecule has 0 fully saturated rings. The van der Waals surface area contributed by atoms with Crippen molar-refractivity contribution in [2.45, 2.75) is 13.3 Å². The zero-order chi connectivity index (χ0) is 13.5. The van der Waals surface area contributed by atoms with Gasteiger partial charge in [0.1, 0.15) is 0 Å². The van der Waals surface area contributed by atoms with Gasteiger partial charge in [0.25, 0.3) is 0 Å². The monoisotopic (exact) mass is 249 g/mol. The van der Waals surface area contributed by atoms with Crippen LogP contribution in [0.15, 0.2) is 24.3 Å². The van der Waals surface area contributed by atoms with E-state index in [0.717, 1.165) is 5.56 Å². The minimum atomic E-state index is -0.447. The Hall–Kier alpha value is -1.88. The molecule has 0 aliphatic carbocycles. The molecule has 1 aromatic carbocycles. The largest absolute Gasteiger partial charge is 0.366 e. The molecule has 1 aromatic rings. The first kappa shape index (κ1) is 14.2. The molecular formula is C13H19N3O2. The van der Waals surface area contributed by atoms with E-state index < -0.39 is 5.91 Å². The highest BCUT2D eigenvalue weighted by atomic mass is 16.2. The van der Waals surface area contributed by atoms with Crippen LogP contribution in [0.4, 0.5) is 0 Å². The van der Waals surface area contributed by atoms with Gasteiger partial charge in [-0.2, -0.15) is 0 Å². The lowest BCUT2D eigenvalue weighted by Crippen LogP contribution is -2.34. The molecule has 0 bridgehead atoms. The summed E-state index contributed by atoms with van der Waals surface area (Å²) in [6.45, 7) is 2.64. The van der Waals surface area contributed by atoms with Crippen molar-refractivity contribution >= 4 is 11.8 Å². The van der Waals surface area contributed by atoms with Gasteiger partial charge in [-0.1, -0.05) is 19.1 Å². The van der Waals surface area contributed by atoms with Gasteiger partial charge in [-0.3, -0.25) is 9.59 Å². The molecule has 0 aliphatic rings. The molecule has 1 atom stereocenters. The molecule has 1 rings (SSSR count). The van der Waals surface area contributed by atoms with Gasteiger partial charge in [-0.25, -0.2) is 0 Å². The molecule has 0 aliphatic heterocycles. The van der Waals surface area contributed by atoms with Crippen LogP contribution < -0.4 is 16.8 Å². The van der Waals surface area contributed by atoms with Crippen molar-refractivity contribution in [1.29, 1.82) is 0 Å². The number of carbonyl (C=O) groups excluding carboxylic acids is 2. The third-order valence-corrected chi connectivity index (χ3v) is 2.73. The van der Waals surface area contributed by atoms with Crippen molar-refractivity contribution in [3.63, 3.8) is 0 Å². The molecule has 5 heteroatoms. The first-order valence-electron chi connectivity index (χ1n) is 5.91. The van der Waals surface area contributed by atoms with Crippen LogP contribution in [-0.2, 0) is 11.2 Å². The number of primary amides is 1. The Labute approximate surface area is 107 Å². The molecule has 0 aromatic heterocycles. The van der Waals surface area contributed by atoms with Crippen LogP contribution in [0.2, 0.25) is 0 Å². The zero-order valence-corrected chi connectivity index (χ0v) is 10.5. The Morgan fingerprint density at radius 2 is 2.11 bits per heavy atom. The number of carbonyl (C=O) groups is 2. The summed E-state index contributed by atoms with van der Waals surface area (Å²) in [6, 6.07) is 7.08. The van der Waals surface area contributed by atoms with Gasteiger partial charge >= 0.3 is 0 Å². The molecule has 2 amide bonds. The second-order valence-corrected chi connectivity index (χ2v) is 4.24. The summed E-state index contributed by atoms with van der Waals surface area (Å²) in [6.07, 6.45) is 0.657. The fourth-order valence-electron chi connectivity index (χ4n) is 1.49. The Kier molecular flexibility index (Phi) is 5.32. The van der Waals surface area contributed by atoms with Gasteiger partial charge in [0.05, 0.1) is 0 Å². The van der Waals surface area contributed by atoms with Crippen molar-refractivity contribution in [2.24, 2.45) is 17.4 Å². The maximum absolute atomic E-state index is 11.5. The molecule has 0 heterocycles. The summed E-state index contributed by atoms with van der Waals surface area (Å²) in [4.78, 5) is 22.5. The van der Waals surface area contributed by atoms with E-state index in [1.807, 2.05) is 6.07 Å². The number of hydrogen-bond donors (Lipinski definition) is 3. The summed E-state index contributed by atoms with van der Waals surface area (Å²) in [5, 5.41) is 2.80. The number of amides is 2. The Bertz CT molecular complexity index is 432. The van der Waals surface area contributed by atoms with Crippen LogP contribution in [-0.4, -0.2) is 24.9 Å². The standard InChI is InChI=1S/C13H19N3O2/c1-9(8-14)13(18)16-6-5-10-3-2-4-11(7-10)12(15)17/h2-4,7,9H,5-6,8,14H2,1H3,(H2,15,17)(H,16,18). The molecule has 1 unspecified atom stereocenters. The molecule has 0 radical (unpaired) electrons. The van der Waals surface area contributed by atoms with Crippen molar-refractivity contribution in [3.05, 3.63) is 35.4 Å². The quantitative estimate of drug-likeness (QED) is 0.663. The van der Waals surface area contributed by atoms with Crippen LogP contribution in [0, 0.1) is 5.92 Å². The first-order valence-corrected chi connectivity index (χ1v) is 5.91. The highest BCUT2D eigenvalue weighted by Crippen LogP contribution is 2.05. The van der Waals surface area contributed by atoms with Crippen LogP contribution in [0.5, 0.6) is 0 Å². The molecule has 98 valence electrons. The van der Waals surface area contributed by atoms with E-state index in [-0.39, 0.29) is 11.8 Å². The molecule has 0 spiro atoms. The fourth-order valence-corrected chi connectivity index (χ4v) is 1.49. The highest BCUT2D eigenvalue weighted by molar-refractivity contribution is 5.92. The van der Waals surface area contributed by atoms with Crippen molar-refractivity contribution in [1.82, 2.24) is 5.32 Å². The van der Waals surface area contributed by atoms with E-state index in [1.165, 1.54) is 0 Å². The summed E-state index contributed by atoms with van der Waals surface area (Å²) in [7, 11) is 0. The predicted molar refractivity (Wildman–Crippen MR) is 69.9 cm³/mol. The Balaban J connectivity index is 2.47. The first-order chi connectivity index (χ1) is 8.54. The number of rotatable bonds is 6. The van der Waals surface area contributed by atoms with Crippen LogP contribution in [0.3, 0.4) is 0 Å². The third-order valence-electron chi connectivity index (χ3n) is 2.73. The van der Waals surface area contributed by atoms with E-state index in [1.54, 1.807) is 25.1 Å². The van der Waals surface area contributed by atoms with Crippen molar-refractivity contribution < 1.29 is 9.59 Å². The minimum Gasteiger partial charge on any atom is -0.366 e. The van der Waals surface area contributed by atoms with E-state index >= 15 is 0 Å². The van der Waals surface area contributed by atoms with Gasteiger partial charge in [-0.15, -0.1) is 0 Å². The van der Waals surface area contributed by atoms with E-state index in [9.17, 15) is 9.59 Å². The van der Waals surface area contributed by atoms with Crippen LogP contribution in [0.25, 0.3) is 0 Å². The molecule has 5 N–H and O–H groups in total. The van der Waals surface area contributed by atoms with Gasteiger partial charge in [0.15, 0.2) is 0 Å². The van der Waals surface area contributed by atoms with E-state index in [0.29, 0.717) is 25.1 Å². The lowest BCUT2D eigenvalue weighted by molar-refractivity contribution is -0.124. The average Bonchev–Trinajstić information content (AvgIpc) is 2.38. The second kappa shape index (κ2) is 6.76. The SMILES string of the molecule is CC(CN)C(=O)NCCc1cccc(C(N)=O)c1. The maximum Gasteiger partial charge on any atom is 0.248 e. The van der Waals surface area contributed by atoms with Gasteiger partial charge in [0.2, 0.25) is 11.8 Å². The van der Waals surface area contributed by atoms with Crippen LogP contribution >= 0.6 is 0 Å². The number of nitrogens with one attached hydrogen (secondary N) is 1. The normalized spacial score (nSPS) is 11.9. The summed E-state index contributed by atoms with van der Waals surface area (Å²) < 4.78 is 0. The predicted octanol–water partition coefficient (Wildman–Crippen LogP) is 0.0390. The van der Waals surface area contributed by atoms with Crippen molar-refractivity contribution in [2.75, 3.05) is 13.1 Å². The average molecular weight is 249 g/mol. The molecule has 0 saturated heterocycles. The summed E-state index contributed by atoms with van der Waals surface area (Å²) in [5.74, 6) is -0.678. The summed E-state index contributed by atoms with van der Waals surface area (Å²) in [5.41, 5.74) is 12.0. The van der Waals surface area contributed by atoms with Crippen LogP contribution in [0.1, 0.15) is 22.8 Å². The molecular weight excluding hydrogens is 230 g/mol. The second-order valence-electron chi connectivity index (χ2n) is 4.24. The summed E-state index contributed by atoms with van der Waals surface area (Å²) >= 11 is 0. The smallest absolute Gasteiger partial charge is 0.248 e. The third kappa shape index (κ3) is 4.18. The van der Waals surface area contributed by atoms with Crippen molar-refractivity contribution in [3.8, 4) is 0 Å². The molecule has 5 nitrogen and oxygen atoms in total. The van der Waals surface area contributed by atoms with Gasteiger partial charge < -0.3 is 16.8 Å². The minimum absolute atomic E-state index is 0.0523. The number of benzene rings is 1. The highest BCUT2D eigenvalue weighted by Gasteiger charge is 2.09. The van der Waals surface area contributed by atoms with E-state index in [4.69, 9.17) is 11.5 Å². The molecule has 18 heavy (non-hydrogen) atoms. The Morgan fingerprint density at radius 1 is 1.39 bits per heavy atom. The number of hydrogen-bond acceptors (Lipinski definition) is 3. The lowest BCUT2D eigenvalue weighted by atomic mass is 10.1. The zero-order valence-electron chi connectivity index (χ0n) is 10.5. The van der Waals surface area contributed by atoms with Gasteiger partial charge in [0, 0.05) is 24.6 Å². The number of nitrogens with two attached hydrogens (primary N) is 2. The fraction of sp³-hybridized carbons (Fsp3) is 0.385. The molecule has 0 saturated carbocycles. The van der Waals surface area contributed by atoms with Gasteiger partial charge in [-0.05, 0) is 24.1 Å². The Morgan fingerprint density at radius 3 is 2.72 bits per heavy atom. The maximum atomic E-state index is 11.5.